The predicted octanol–water partition coefficient (Wildman–Crippen LogP) is 5.73. The number of aromatic nitrogens is 6. The van der Waals surface area contributed by atoms with Gasteiger partial charge in [0.15, 0.2) is 14.9 Å². The number of hydrogen-bond donors (Lipinski definition) is 0. The molecule has 0 unspecified atom stereocenters. The summed E-state index contributed by atoms with van der Waals surface area (Å²) in [6.45, 7) is 10.3. The second-order valence-electron chi connectivity index (χ2n) is 6.69. The van der Waals surface area contributed by atoms with Crippen molar-refractivity contribution in [2.75, 3.05) is 0 Å². The molecule has 6 aromatic rings. The molecule has 0 spiro atoms. The van der Waals surface area contributed by atoms with E-state index in [1.165, 1.54) is 22.8 Å². The van der Waals surface area contributed by atoms with E-state index in [-0.39, 0.29) is 0 Å². The van der Waals surface area contributed by atoms with Crippen molar-refractivity contribution < 1.29 is 0 Å². The van der Waals surface area contributed by atoms with Gasteiger partial charge in [-0.1, -0.05) is 0 Å². The van der Waals surface area contributed by atoms with Gasteiger partial charge in [-0.2, -0.15) is 0 Å². The van der Waals surface area contributed by atoms with E-state index < -0.39 is 0 Å². The molecule has 0 saturated carbocycles. The Bertz CT molecular complexity index is 1340. The Balaban J connectivity index is 0.000000106. The Hall–Kier alpha value is -2.49. The van der Waals surface area contributed by atoms with Gasteiger partial charge in [0.2, 0.25) is 0 Å². The van der Waals surface area contributed by atoms with Crippen LogP contribution in [0.15, 0.2) is 40.9 Å². The molecule has 0 aromatic carbocycles. The van der Waals surface area contributed by atoms with E-state index in [0.717, 1.165) is 20.6 Å². The lowest BCUT2D eigenvalue weighted by Crippen LogP contribution is -1.84. The fourth-order valence-corrected chi connectivity index (χ4v) is 5.40. The van der Waals surface area contributed by atoms with Gasteiger partial charge in [-0.05, 0) is 34.6 Å². The fourth-order valence-electron chi connectivity index (χ4n) is 2.97. The van der Waals surface area contributed by atoms with Gasteiger partial charge in [-0.3, -0.25) is 13.2 Å². The summed E-state index contributed by atoms with van der Waals surface area (Å²) < 4.78 is 6.34. The van der Waals surface area contributed by atoms with E-state index in [4.69, 9.17) is 0 Å². The quantitative estimate of drug-likeness (QED) is 0.302. The zero-order valence-electron chi connectivity index (χ0n) is 16.9. The van der Waals surface area contributed by atoms with Gasteiger partial charge in [-0.15, -0.1) is 34.0 Å². The molecule has 29 heavy (non-hydrogen) atoms. The molecule has 0 atom stereocenters. The summed E-state index contributed by atoms with van der Waals surface area (Å²) in [5, 5.41) is 6.21. The number of rotatable bonds is 0. The molecule has 0 N–H and O–H groups in total. The standard InChI is InChI=1S/2C7H8N2S.C6H6N2S/c1-5-3-8-7-9(5)6(2)4-10-7;1-5-6(2)9-3-4-10-7(9)8-5;1-5-4-7-6-8(5)2-3-9-6/h2*3-4H,1-2H3;2-4H,1H3. The zero-order valence-corrected chi connectivity index (χ0v) is 19.4. The molecule has 6 heterocycles. The zero-order chi connectivity index (χ0) is 20.5. The summed E-state index contributed by atoms with van der Waals surface area (Å²) >= 11 is 5.02. The van der Waals surface area contributed by atoms with Crippen molar-refractivity contribution >= 4 is 48.9 Å². The van der Waals surface area contributed by atoms with Crippen molar-refractivity contribution in [1.82, 2.24) is 28.2 Å². The first-order valence-electron chi connectivity index (χ1n) is 9.09. The average Bonchev–Trinajstić information content (AvgIpc) is 3.49. The van der Waals surface area contributed by atoms with Crippen molar-refractivity contribution in [3.8, 4) is 0 Å². The van der Waals surface area contributed by atoms with E-state index in [1.54, 1.807) is 34.0 Å². The molecular formula is C20H22N6S3. The van der Waals surface area contributed by atoms with E-state index in [9.17, 15) is 0 Å². The van der Waals surface area contributed by atoms with Crippen molar-refractivity contribution in [3.05, 3.63) is 69.4 Å². The Morgan fingerprint density at radius 2 is 1.34 bits per heavy atom. The summed E-state index contributed by atoms with van der Waals surface area (Å²) in [5.74, 6) is 0. The molecular weight excluding hydrogens is 420 g/mol. The first-order valence-corrected chi connectivity index (χ1v) is 11.7. The maximum absolute atomic E-state index is 4.35. The minimum Gasteiger partial charge on any atom is -0.295 e. The third-order valence-corrected chi connectivity index (χ3v) is 7.15. The first kappa shape index (κ1) is 19.8. The highest BCUT2D eigenvalue weighted by atomic mass is 32.1. The molecule has 150 valence electrons. The first-order chi connectivity index (χ1) is 14.0. The highest BCUT2D eigenvalue weighted by Crippen LogP contribution is 2.16. The minimum atomic E-state index is 1.08. The summed E-state index contributed by atoms with van der Waals surface area (Å²) in [6.07, 6.45) is 7.86. The highest BCUT2D eigenvalue weighted by molar-refractivity contribution is 7.15. The van der Waals surface area contributed by atoms with Gasteiger partial charge < -0.3 is 0 Å². The minimum absolute atomic E-state index is 1.08. The lowest BCUT2D eigenvalue weighted by atomic mass is 10.4. The molecule has 0 aliphatic carbocycles. The van der Waals surface area contributed by atoms with Crippen LogP contribution in [0, 0.1) is 34.6 Å². The molecule has 0 saturated heterocycles. The van der Waals surface area contributed by atoms with Crippen LogP contribution >= 0.6 is 34.0 Å². The van der Waals surface area contributed by atoms with Gasteiger partial charge >= 0.3 is 0 Å². The van der Waals surface area contributed by atoms with Crippen molar-refractivity contribution in [1.29, 1.82) is 0 Å². The van der Waals surface area contributed by atoms with Crippen LogP contribution in [0.1, 0.15) is 28.5 Å². The van der Waals surface area contributed by atoms with Crippen molar-refractivity contribution in [2.24, 2.45) is 0 Å². The molecule has 6 nitrogen and oxygen atoms in total. The number of aryl methyl sites for hydroxylation is 5. The van der Waals surface area contributed by atoms with Crippen molar-refractivity contribution in [3.63, 3.8) is 0 Å². The summed E-state index contributed by atoms with van der Waals surface area (Å²) in [4.78, 5) is 16.0. The van der Waals surface area contributed by atoms with E-state index in [1.807, 2.05) is 37.8 Å². The van der Waals surface area contributed by atoms with Crippen LogP contribution in [-0.4, -0.2) is 28.2 Å². The maximum Gasteiger partial charge on any atom is 0.194 e. The lowest BCUT2D eigenvalue weighted by Gasteiger charge is -1.89. The largest absolute Gasteiger partial charge is 0.295 e. The maximum atomic E-state index is 4.35. The van der Waals surface area contributed by atoms with Crippen LogP contribution < -0.4 is 0 Å². The van der Waals surface area contributed by atoms with Crippen LogP contribution in [0.25, 0.3) is 14.9 Å². The third-order valence-electron chi connectivity index (χ3n) is 4.66. The summed E-state index contributed by atoms with van der Waals surface area (Å²) in [7, 11) is 0. The SMILES string of the molecule is Cc1cnc2scc(C)n12.Cc1cnc2sccn12.Cc1nc2sccn2c1C. The van der Waals surface area contributed by atoms with Gasteiger partial charge in [-0.25, -0.2) is 15.0 Å². The molecule has 0 bridgehead atoms. The molecule has 9 heteroatoms. The molecule has 6 aromatic heterocycles. The molecule has 6 rings (SSSR count). The number of thiazole rings is 3. The summed E-state index contributed by atoms with van der Waals surface area (Å²) in [5.41, 5.74) is 6.07. The fraction of sp³-hybridized carbons (Fsp3) is 0.250. The van der Waals surface area contributed by atoms with E-state index >= 15 is 0 Å². The number of hydrogen-bond acceptors (Lipinski definition) is 6. The van der Waals surface area contributed by atoms with Gasteiger partial charge in [0.1, 0.15) is 0 Å². The van der Waals surface area contributed by atoms with Crippen LogP contribution in [0.4, 0.5) is 0 Å². The van der Waals surface area contributed by atoms with Crippen LogP contribution in [-0.2, 0) is 0 Å². The topological polar surface area (TPSA) is 51.9 Å². The van der Waals surface area contributed by atoms with Gasteiger partial charge in [0, 0.05) is 63.7 Å². The molecule has 0 fully saturated rings. The average molecular weight is 443 g/mol. The molecule has 0 amide bonds. The predicted molar refractivity (Wildman–Crippen MR) is 123 cm³/mol. The second kappa shape index (κ2) is 8.10. The molecule has 0 aliphatic rings. The van der Waals surface area contributed by atoms with Crippen molar-refractivity contribution in [2.45, 2.75) is 34.6 Å². The second-order valence-corrected chi connectivity index (χ2v) is 9.27. The molecule has 0 radical (unpaired) electrons. The summed E-state index contributed by atoms with van der Waals surface area (Å²) in [6, 6.07) is 0. The number of fused-ring (bicyclic) bond motifs is 3. The number of imidazole rings is 3. The monoisotopic (exact) mass is 442 g/mol. The van der Waals surface area contributed by atoms with Crippen LogP contribution in [0.3, 0.4) is 0 Å². The molecule has 0 aliphatic heterocycles. The lowest BCUT2D eigenvalue weighted by molar-refractivity contribution is 1.07. The van der Waals surface area contributed by atoms with Gasteiger partial charge in [0.05, 0.1) is 5.69 Å². The third kappa shape index (κ3) is 3.85. The van der Waals surface area contributed by atoms with Gasteiger partial charge in [0.25, 0.3) is 0 Å². The smallest absolute Gasteiger partial charge is 0.194 e. The number of nitrogens with zero attached hydrogens (tertiary/aromatic N) is 6. The Morgan fingerprint density at radius 1 is 0.690 bits per heavy atom. The van der Waals surface area contributed by atoms with E-state index in [0.29, 0.717) is 0 Å². The Labute approximate surface area is 180 Å². The normalized spacial score (nSPS) is 10.9. The highest BCUT2D eigenvalue weighted by Gasteiger charge is 2.03. The Kier molecular flexibility index (Phi) is 5.53. The van der Waals surface area contributed by atoms with E-state index in [2.05, 4.69) is 65.9 Å². The van der Waals surface area contributed by atoms with Crippen LogP contribution in [0.5, 0.6) is 0 Å². The van der Waals surface area contributed by atoms with Crippen LogP contribution in [0.2, 0.25) is 0 Å². The Morgan fingerprint density at radius 3 is 2.03 bits per heavy atom.